The highest BCUT2D eigenvalue weighted by molar-refractivity contribution is 6.40. The molecule has 1 aromatic rings. The van der Waals surface area contributed by atoms with Crippen LogP contribution in [-0.4, -0.2) is 43.1 Å². The first-order chi connectivity index (χ1) is 9.54. The van der Waals surface area contributed by atoms with E-state index < -0.39 is 11.8 Å². The number of likely N-dealkylation sites (N-methyl/N-ethyl adjacent to an activating group) is 1. The maximum absolute atomic E-state index is 12.0. The molecule has 106 valence electrons. The van der Waals surface area contributed by atoms with Gasteiger partial charge in [-0.1, -0.05) is 19.1 Å². The van der Waals surface area contributed by atoms with Crippen molar-refractivity contribution in [2.24, 2.45) is 0 Å². The van der Waals surface area contributed by atoms with E-state index in [1.165, 1.54) is 9.80 Å². The Kier molecular flexibility index (Phi) is 4.17. The summed E-state index contributed by atoms with van der Waals surface area (Å²) in [5.41, 5.74) is 1.71. The summed E-state index contributed by atoms with van der Waals surface area (Å²) in [6, 6.07) is 7.47. The molecule has 0 aliphatic carbocycles. The van der Waals surface area contributed by atoms with E-state index in [9.17, 15) is 14.4 Å². The first-order valence-corrected chi connectivity index (χ1v) is 6.65. The minimum atomic E-state index is -0.501. The summed E-state index contributed by atoms with van der Waals surface area (Å²) >= 11 is 0. The van der Waals surface area contributed by atoms with Gasteiger partial charge in [0.1, 0.15) is 6.29 Å². The molecule has 1 aliphatic rings. The second kappa shape index (κ2) is 5.86. The van der Waals surface area contributed by atoms with Gasteiger partial charge in [-0.3, -0.25) is 9.59 Å². The van der Waals surface area contributed by atoms with Crippen LogP contribution >= 0.6 is 0 Å². The van der Waals surface area contributed by atoms with Gasteiger partial charge in [0, 0.05) is 32.2 Å². The molecule has 1 aliphatic heterocycles. The number of piperazine rings is 1. The molecule has 0 bridgehead atoms. The van der Waals surface area contributed by atoms with Gasteiger partial charge in [0.2, 0.25) is 0 Å². The summed E-state index contributed by atoms with van der Waals surface area (Å²) in [5.74, 6) is -0.882. The molecule has 0 aromatic heterocycles. The topological polar surface area (TPSA) is 57.7 Å². The molecule has 2 amide bonds. The van der Waals surface area contributed by atoms with Gasteiger partial charge in [-0.2, -0.15) is 0 Å². The van der Waals surface area contributed by atoms with E-state index in [0.717, 1.165) is 11.8 Å². The minimum absolute atomic E-state index is 0.103. The number of benzene rings is 1. The van der Waals surface area contributed by atoms with Gasteiger partial charge in [0.25, 0.3) is 0 Å². The van der Waals surface area contributed by atoms with Crippen LogP contribution in [0, 0.1) is 0 Å². The zero-order valence-electron chi connectivity index (χ0n) is 11.7. The van der Waals surface area contributed by atoms with Crippen molar-refractivity contribution < 1.29 is 14.4 Å². The molecule has 1 saturated heterocycles. The molecule has 1 heterocycles. The summed E-state index contributed by atoms with van der Waals surface area (Å²) in [5, 5.41) is 0. The Labute approximate surface area is 118 Å². The summed E-state index contributed by atoms with van der Waals surface area (Å²) < 4.78 is 0. The van der Waals surface area contributed by atoms with Crippen LogP contribution in [0.15, 0.2) is 24.3 Å². The van der Waals surface area contributed by atoms with Crippen LogP contribution in [0.25, 0.3) is 0 Å². The fourth-order valence-electron chi connectivity index (χ4n) is 2.26. The highest BCUT2D eigenvalue weighted by Crippen LogP contribution is 2.24. The summed E-state index contributed by atoms with van der Waals surface area (Å²) in [7, 11) is 1.63. The van der Waals surface area contributed by atoms with Crippen LogP contribution < -0.4 is 4.90 Å². The van der Waals surface area contributed by atoms with Crippen LogP contribution in [0.5, 0.6) is 0 Å². The Balaban J connectivity index is 2.25. The number of hydrogen-bond donors (Lipinski definition) is 0. The van der Waals surface area contributed by atoms with Gasteiger partial charge in [0.05, 0.1) is 0 Å². The zero-order valence-corrected chi connectivity index (χ0v) is 11.7. The van der Waals surface area contributed by atoms with Crippen molar-refractivity contribution in [1.82, 2.24) is 4.90 Å². The lowest BCUT2D eigenvalue weighted by molar-refractivity contribution is -0.145. The average molecular weight is 274 g/mol. The third-order valence-corrected chi connectivity index (χ3v) is 3.63. The van der Waals surface area contributed by atoms with Crippen LogP contribution in [0.4, 0.5) is 5.69 Å². The second-order valence-corrected chi connectivity index (χ2v) is 5.08. The minimum Gasteiger partial charge on any atom is -0.336 e. The molecule has 0 spiro atoms. The van der Waals surface area contributed by atoms with Crippen LogP contribution in [0.2, 0.25) is 0 Å². The lowest BCUT2D eigenvalue weighted by Gasteiger charge is -2.31. The lowest BCUT2D eigenvalue weighted by Crippen LogP contribution is -2.53. The summed E-state index contributed by atoms with van der Waals surface area (Å²) in [6.45, 7) is 2.98. The Bertz CT molecular complexity index is 542. The predicted molar refractivity (Wildman–Crippen MR) is 75.5 cm³/mol. The molecule has 0 radical (unpaired) electrons. The maximum atomic E-state index is 12.0. The fraction of sp³-hybridized carbons (Fsp3) is 0.400. The molecular formula is C15H18N2O3. The number of amides is 2. The lowest BCUT2D eigenvalue weighted by atomic mass is 9.98. The molecule has 1 fully saturated rings. The number of anilines is 1. The van der Waals surface area contributed by atoms with Gasteiger partial charge in [-0.05, 0) is 23.6 Å². The van der Waals surface area contributed by atoms with E-state index in [0.29, 0.717) is 25.2 Å². The Morgan fingerprint density at radius 3 is 2.70 bits per heavy atom. The molecule has 20 heavy (non-hydrogen) atoms. The summed E-state index contributed by atoms with van der Waals surface area (Å²) in [4.78, 5) is 37.3. The first kappa shape index (κ1) is 14.2. The van der Waals surface area contributed by atoms with Gasteiger partial charge in [0.15, 0.2) is 0 Å². The fourth-order valence-corrected chi connectivity index (χ4v) is 2.26. The quantitative estimate of drug-likeness (QED) is 0.612. The Morgan fingerprint density at radius 2 is 2.00 bits per heavy atom. The van der Waals surface area contributed by atoms with Crippen LogP contribution in [0.1, 0.15) is 24.8 Å². The number of carbonyl (C=O) groups excluding carboxylic acids is 3. The maximum Gasteiger partial charge on any atom is 0.316 e. The molecule has 5 nitrogen and oxygen atoms in total. The first-order valence-electron chi connectivity index (χ1n) is 6.65. The van der Waals surface area contributed by atoms with Crippen molar-refractivity contribution in [3.05, 3.63) is 29.8 Å². The van der Waals surface area contributed by atoms with E-state index in [-0.39, 0.29) is 5.92 Å². The van der Waals surface area contributed by atoms with Gasteiger partial charge in [-0.15, -0.1) is 0 Å². The summed E-state index contributed by atoms with van der Waals surface area (Å²) in [6.07, 6.45) is 1.33. The highest BCUT2D eigenvalue weighted by Gasteiger charge is 2.31. The largest absolute Gasteiger partial charge is 0.336 e. The van der Waals surface area contributed by atoms with E-state index in [1.54, 1.807) is 7.05 Å². The molecule has 1 unspecified atom stereocenters. The van der Waals surface area contributed by atoms with E-state index in [1.807, 2.05) is 31.2 Å². The normalized spacial score (nSPS) is 17.3. The van der Waals surface area contributed by atoms with Crippen LogP contribution in [-0.2, 0) is 14.4 Å². The van der Waals surface area contributed by atoms with E-state index in [2.05, 4.69) is 0 Å². The third-order valence-electron chi connectivity index (χ3n) is 3.63. The van der Waals surface area contributed by atoms with Crippen molar-refractivity contribution >= 4 is 23.8 Å². The van der Waals surface area contributed by atoms with Crippen LogP contribution in [0.3, 0.4) is 0 Å². The van der Waals surface area contributed by atoms with Gasteiger partial charge in [-0.25, -0.2) is 0 Å². The molecule has 2 rings (SSSR count). The van der Waals surface area contributed by atoms with E-state index >= 15 is 0 Å². The monoisotopic (exact) mass is 274 g/mol. The average Bonchev–Trinajstić information content (AvgIpc) is 2.45. The standard InChI is InChI=1S/C15H18N2O3/c1-11(6-9-18)12-4-3-5-13(10-12)17-8-7-16(2)14(19)15(17)20/h3-5,9-11H,6-8H2,1-2H3. The predicted octanol–water partition coefficient (Wildman–Crippen LogP) is 1.18. The SMILES string of the molecule is CC(CC=O)c1cccc(N2CCN(C)C(=O)C2=O)c1. The smallest absolute Gasteiger partial charge is 0.316 e. The van der Waals surface area contributed by atoms with E-state index in [4.69, 9.17) is 0 Å². The van der Waals surface area contributed by atoms with Crippen molar-refractivity contribution in [3.63, 3.8) is 0 Å². The molecule has 1 aromatic carbocycles. The van der Waals surface area contributed by atoms with Crippen molar-refractivity contribution in [2.45, 2.75) is 19.3 Å². The third kappa shape index (κ3) is 2.71. The Hall–Kier alpha value is -2.17. The number of nitrogens with zero attached hydrogens (tertiary/aromatic N) is 2. The van der Waals surface area contributed by atoms with Crippen molar-refractivity contribution in [2.75, 3.05) is 25.0 Å². The molecule has 0 N–H and O–H groups in total. The second-order valence-electron chi connectivity index (χ2n) is 5.08. The van der Waals surface area contributed by atoms with Crippen molar-refractivity contribution in [3.8, 4) is 0 Å². The van der Waals surface area contributed by atoms with Gasteiger partial charge < -0.3 is 14.6 Å². The van der Waals surface area contributed by atoms with Crippen molar-refractivity contribution in [1.29, 1.82) is 0 Å². The molecule has 0 saturated carbocycles. The number of aldehydes is 1. The molecule has 1 atom stereocenters. The number of rotatable bonds is 4. The Morgan fingerprint density at radius 1 is 1.25 bits per heavy atom. The van der Waals surface area contributed by atoms with Gasteiger partial charge >= 0.3 is 11.8 Å². The number of carbonyl (C=O) groups is 3. The number of hydrogen-bond acceptors (Lipinski definition) is 3. The molecule has 5 heteroatoms. The molecular weight excluding hydrogens is 256 g/mol. The highest BCUT2D eigenvalue weighted by atomic mass is 16.2. The zero-order chi connectivity index (χ0) is 14.7.